The van der Waals surface area contributed by atoms with Crippen molar-refractivity contribution in [2.45, 2.75) is 12.2 Å². The summed E-state index contributed by atoms with van der Waals surface area (Å²) in [6.45, 7) is 1.60. The number of hydrogen-bond acceptors (Lipinski definition) is 4. The summed E-state index contributed by atoms with van der Waals surface area (Å²) in [7, 11) is 0. The number of imide groups is 1. The molecule has 5 heteroatoms. The standard InChI is InChI=1S/C6H7NO3S/c1-2(11)3-4(8)6(10)7-5(3)9/h2,11H,1H3,(H2,7,8,9,10). The largest absolute Gasteiger partial charge is 0.503 e. The zero-order valence-electron chi connectivity index (χ0n) is 5.79. The van der Waals surface area contributed by atoms with Crippen molar-refractivity contribution in [3.8, 4) is 0 Å². The highest BCUT2D eigenvalue weighted by molar-refractivity contribution is 7.81. The topological polar surface area (TPSA) is 66.4 Å². The maximum Gasteiger partial charge on any atom is 0.293 e. The van der Waals surface area contributed by atoms with Crippen LogP contribution in [0.15, 0.2) is 11.3 Å². The van der Waals surface area contributed by atoms with Crippen LogP contribution in [-0.2, 0) is 9.59 Å². The average molecular weight is 173 g/mol. The second-order valence-electron chi connectivity index (χ2n) is 2.22. The van der Waals surface area contributed by atoms with Crippen LogP contribution in [0.4, 0.5) is 0 Å². The van der Waals surface area contributed by atoms with Gasteiger partial charge in [0.1, 0.15) is 0 Å². The highest BCUT2D eigenvalue weighted by Crippen LogP contribution is 2.17. The summed E-state index contributed by atoms with van der Waals surface area (Å²) in [5.41, 5.74) is 0.0401. The first kappa shape index (κ1) is 8.13. The summed E-state index contributed by atoms with van der Waals surface area (Å²) < 4.78 is 0. The van der Waals surface area contributed by atoms with Crippen molar-refractivity contribution < 1.29 is 14.7 Å². The molecule has 0 aromatic heterocycles. The Bertz CT molecular complexity index is 257. The molecule has 0 radical (unpaired) electrons. The number of hydrogen-bond donors (Lipinski definition) is 3. The molecule has 1 atom stereocenters. The van der Waals surface area contributed by atoms with E-state index in [4.69, 9.17) is 5.11 Å². The van der Waals surface area contributed by atoms with Crippen molar-refractivity contribution in [1.29, 1.82) is 0 Å². The maximum atomic E-state index is 10.8. The monoisotopic (exact) mass is 173 g/mol. The van der Waals surface area contributed by atoms with Gasteiger partial charge in [0, 0.05) is 5.25 Å². The fourth-order valence-corrected chi connectivity index (χ4v) is 1.09. The number of carbonyl (C=O) groups excluding carboxylic acids is 2. The van der Waals surface area contributed by atoms with E-state index >= 15 is 0 Å². The summed E-state index contributed by atoms with van der Waals surface area (Å²) in [6, 6.07) is 0. The van der Waals surface area contributed by atoms with Gasteiger partial charge < -0.3 is 5.11 Å². The number of carbonyl (C=O) groups is 2. The molecule has 0 bridgehead atoms. The molecule has 2 N–H and O–H groups in total. The van der Waals surface area contributed by atoms with E-state index in [1.54, 1.807) is 6.92 Å². The third-order valence-electron chi connectivity index (χ3n) is 1.36. The lowest BCUT2D eigenvalue weighted by Gasteiger charge is -2.00. The molecule has 0 fully saturated rings. The number of aliphatic hydroxyl groups excluding tert-OH is 1. The Balaban J connectivity index is 3.07. The van der Waals surface area contributed by atoms with Crippen LogP contribution in [0.1, 0.15) is 6.92 Å². The van der Waals surface area contributed by atoms with Crippen LogP contribution in [0.25, 0.3) is 0 Å². The molecule has 1 rings (SSSR count). The average Bonchev–Trinajstić information content (AvgIpc) is 2.07. The van der Waals surface area contributed by atoms with E-state index in [0.29, 0.717) is 0 Å². The van der Waals surface area contributed by atoms with Crippen LogP contribution < -0.4 is 5.32 Å². The van der Waals surface area contributed by atoms with Gasteiger partial charge in [0.05, 0.1) is 5.57 Å². The molecule has 0 aromatic carbocycles. The van der Waals surface area contributed by atoms with Gasteiger partial charge in [0.2, 0.25) is 0 Å². The normalized spacial score (nSPS) is 20.5. The molecule has 1 aliphatic rings. The lowest BCUT2D eigenvalue weighted by atomic mass is 10.2. The molecule has 2 amide bonds. The summed E-state index contributed by atoms with van der Waals surface area (Å²) >= 11 is 3.92. The number of aliphatic hydroxyl groups is 1. The lowest BCUT2D eigenvalue weighted by Crippen LogP contribution is -2.24. The molecule has 0 spiro atoms. The lowest BCUT2D eigenvalue weighted by molar-refractivity contribution is -0.125. The Morgan fingerprint density at radius 3 is 2.18 bits per heavy atom. The zero-order chi connectivity index (χ0) is 8.59. The van der Waals surface area contributed by atoms with E-state index in [1.165, 1.54) is 0 Å². The first-order chi connectivity index (χ1) is 5.04. The van der Waals surface area contributed by atoms with Gasteiger partial charge in [-0.15, -0.1) is 0 Å². The first-order valence-corrected chi connectivity index (χ1v) is 3.52. The van der Waals surface area contributed by atoms with Crippen molar-refractivity contribution in [3.63, 3.8) is 0 Å². The van der Waals surface area contributed by atoms with Gasteiger partial charge in [0.25, 0.3) is 11.8 Å². The number of amides is 2. The van der Waals surface area contributed by atoms with Crippen LogP contribution in [0.2, 0.25) is 0 Å². The Labute approximate surface area is 68.7 Å². The minimum Gasteiger partial charge on any atom is -0.503 e. The molecular formula is C6H7NO3S. The molecule has 1 heterocycles. The van der Waals surface area contributed by atoms with Gasteiger partial charge >= 0.3 is 0 Å². The highest BCUT2D eigenvalue weighted by atomic mass is 32.1. The van der Waals surface area contributed by atoms with Crippen molar-refractivity contribution in [2.75, 3.05) is 0 Å². The molecule has 0 saturated heterocycles. The summed E-state index contributed by atoms with van der Waals surface area (Å²) in [4.78, 5) is 21.5. The molecule has 0 aromatic rings. The number of thiol groups is 1. The van der Waals surface area contributed by atoms with Gasteiger partial charge in [-0.05, 0) is 6.92 Å². The molecular weight excluding hydrogens is 166 g/mol. The SMILES string of the molecule is CC(S)C1=C(O)C(=O)NC1=O. The van der Waals surface area contributed by atoms with Crippen LogP contribution in [0.5, 0.6) is 0 Å². The van der Waals surface area contributed by atoms with Gasteiger partial charge in [-0.2, -0.15) is 12.6 Å². The zero-order valence-corrected chi connectivity index (χ0v) is 6.68. The predicted molar refractivity (Wildman–Crippen MR) is 41.3 cm³/mol. The Kier molecular flexibility index (Phi) is 1.90. The van der Waals surface area contributed by atoms with Crippen LogP contribution in [0, 0.1) is 0 Å². The second kappa shape index (κ2) is 2.58. The molecule has 0 saturated carbocycles. The van der Waals surface area contributed by atoms with E-state index in [0.717, 1.165) is 0 Å². The number of rotatable bonds is 1. The van der Waals surface area contributed by atoms with E-state index in [9.17, 15) is 9.59 Å². The molecule has 11 heavy (non-hydrogen) atoms. The minimum atomic E-state index is -0.745. The van der Waals surface area contributed by atoms with Crippen molar-refractivity contribution in [2.24, 2.45) is 0 Å². The van der Waals surface area contributed by atoms with Crippen molar-refractivity contribution >= 4 is 24.4 Å². The predicted octanol–water partition coefficient (Wildman–Crippen LogP) is -0.227. The third-order valence-corrected chi connectivity index (χ3v) is 1.62. The quantitative estimate of drug-likeness (QED) is 0.379. The van der Waals surface area contributed by atoms with Crippen LogP contribution in [0.3, 0.4) is 0 Å². The van der Waals surface area contributed by atoms with Crippen LogP contribution in [-0.4, -0.2) is 22.2 Å². The van der Waals surface area contributed by atoms with Gasteiger partial charge in [0.15, 0.2) is 5.76 Å². The van der Waals surface area contributed by atoms with Crippen molar-refractivity contribution in [3.05, 3.63) is 11.3 Å². The van der Waals surface area contributed by atoms with Gasteiger partial charge in [-0.1, -0.05) is 0 Å². The summed E-state index contributed by atoms with van der Waals surface area (Å²) in [5.74, 6) is -1.82. The third kappa shape index (κ3) is 1.23. The molecule has 60 valence electrons. The van der Waals surface area contributed by atoms with Crippen LogP contribution >= 0.6 is 12.6 Å². The Hall–Kier alpha value is -0.970. The summed E-state index contributed by atoms with van der Waals surface area (Å²) in [5, 5.41) is 10.5. The van der Waals surface area contributed by atoms with Crippen molar-refractivity contribution in [1.82, 2.24) is 5.32 Å². The fourth-order valence-electron chi connectivity index (χ4n) is 0.847. The van der Waals surface area contributed by atoms with E-state index in [1.807, 2.05) is 5.32 Å². The number of nitrogens with one attached hydrogen (secondary N) is 1. The van der Waals surface area contributed by atoms with E-state index in [-0.39, 0.29) is 5.57 Å². The molecule has 1 aliphatic heterocycles. The first-order valence-electron chi connectivity index (χ1n) is 3.01. The van der Waals surface area contributed by atoms with Gasteiger partial charge in [-0.3, -0.25) is 14.9 Å². The smallest absolute Gasteiger partial charge is 0.293 e. The van der Waals surface area contributed by atoms with E-state index in [2.05, 4.69) is 12.6 Å². The molecule has 4 nitrogen and oxygen atoms in total. The minimum absolute atomic E-state index is 0.0401. The maximum absolute atomic E-state index is 10.8. The summed E-state index contributed by atoms with van der Waals surface area (Å²) in [6.07, 6.45) is 0. The second-order valence-corrected chi connectivity index (χ2v) is 3.00. The van der Waals surface area contributed by atoms with E-state index < -0.39 is 22.8 Å². The molecule has 1 unspecified atom stereocenters. The highest BCUT2D eigenvalue weighted by Gasteiger charge is 2.31. The Morgan fingerprint density at radius 2 is 2.00 bits per heavy atom. The Morgan fingerprint density at radius 1 is 1.45 bits per heavy atom. The fraction of sp³-hybridized carbons (Fsp3) is 0.333. The molecule has 0 aliphatic carbocycles. The van der Waals surface area contributed by atoms with Gasteiger partial charge in [-0.25, -0.2) is 0 Å².